The highest BCUT2D eigenvalue weighted by atomic mass is 79.9. The summed E-state index contributed by atoms with van der Waals surface area (Å²) in [5.74, 6) is 0. The van der Waals surface area contributed by atoms with Gasteiger partial charge in [0.1, 0.15) is 0 Å². The number of piperazine rings is 1. The van der Waals surface area contributed by atoms with Crippen LogP contribution in [0.5, 0.6) is 0 Å². The van der Waals surface area contributed by atoms with Gasteiger partial charge in [-0.3, -0.25) is 4.90 Å². The maximum absolute atomic E-state index is 3.73. The van der Waals surface area contributed by atoms with Crippen LogP contribution in [0.3, 0.4) is 0 Å². The fraction of sp³-hybridized carbons (Fsp3) is 0.625. The minimum atomic E-state index is 0. The number of hydrogen-bond donors (Lipinski definition) is 1. The zero-order chi connectivity index (χ0) is 13.5. The van der Waals surface area contributed by atoms with Gasteiger partial charge in [-0.1, -0.05) is 60.3 Å². The average Bonchev–Trinajstić information content (AvgIpc) is 2.46. The summed E-state index contributed by atoms with van der Waals surface area (Å²) in [5.41, 5.74) is 1.46. The Morgan fingerprint density at radius 2 is 1.81 bits per heavy atom. The van der Waals surface area contributed by atoms with Gasteiger partial charge in [-0.2, -0.15) is 0 Å². The third kappa shape index (κ3) is 6.45. The van der Waals surface area contributed by atoms with Crippen molar-refractivity contribution < 1.29 is 0 Å². The quantitative estimate of drug-likeness (QED) is 0.692. The van der Waals surface area contributed by atoms with E-state index in [1.165, 1.54) is 35.7 Å². The van der Waals surface area contributed by atoms with Crippen LogP contribution in [-0.4, -0.2) is 31.1 Å². The standard InChI is InChI=1S/C16H25BrN2.2ClH/c1-2-3-4-9-16(19-12-10-18-11-13-19)14-7-5-6-8-15(14)17;;/h5-8,16,18H,2-4,9-13H2,1H3;2*1H/t16-;;/m1../s1. The molecule has 1 aromatic carbocycles. The highest BCUT2D eigenvalue weighted by molar-refractivity contribution is 9.10. The molecule has 5 heteroatoms. The third-order valence-electron chi connectivity index (χ3n) is 3.94. The SMILES string of the molecule is CCCCC[C@H](c1ccccc1Br)N1CCNCC1.Cl.Cl. The van der Waals surface area contributed by atoms with Gasteiger partial charge in [0.05, 0.1) is 0 Å². The van der Waals surface area contributed by atoms with E-state index in [0.29, 0.717) is 6.04 Å². The molecule has 122 valence electrons. The molecule has 0 amide bonds. The van der Waals surface area contributed by atoms with Crippen LogP contribution in [0, 0.1) is 0 Å². The molecule has 1 saturated heterocycles. The van der Waals surface area contributed by atoms with E-state index in [1.807, 2.05) is 0 Å². The molecule has 1 aliphatic rings. The van der Waals surface area contributed by atoms with Crippen molar-refractivity contribution in [2.45, 2.75) is 38.6 Å². The molecule has 0 radical (unpaired) electrons. The van der Waals surface area contributed by atoms with Crippen molar-refractivity contribution in [1.82, 2.24) is 10.2 Å². The summed E-state index contributed by atoms with van der Waals surface area (Å²) < 4.78 is 1.26. The second-order valence-corrected chi connectivity index (χ2v) is 6.17. The van der Waals surface area contributed by atoms with E-state index in [9.17, 15) is 0 Å². The van der Waals surface area contributed by atoms with Crippen molar-refractivity contribution in [3.63, 3.8) is 0 Å². The van der Waals surface area contributed by atoms with E-state index in [4.69, 9.17) is 0 Å². The summed E-state index contributed by atoms with van der Waals surface area (Å²) in [7, 11) is 0. The Balaban J connectivity index is 0.00000200. The highest BCUT2D eigenvalue weighted by Gasteiger charge is 2.23. The molecule has 0 aromatic heterocycles. The predicted molar refractivity (Wildman–Crippen MR) is 100.0 cm³/mol. The lowest BCUT2D eigenvalue weighted by Crippen LogP contribution is -2.45. The van der Waals surface area contributed by atoms with Gasteiger partial charge in [0, 0.05) is 36.7 Å². The maximum Gasteiger partial charge on any atom is 0.0360 e. The van der Waals surface area contributed by atoms with Crippen molar-refractivity contribution in [1.29, 1.82) is 0 Å². The number of benzene rings is 1. The third-order valence-corrected chi connectivity index (χ3v) is 4.66. The number of nitrogens with one attached hydrogen (secondary N) is 1. The molecular weight excluding hydrogens is 371 g/mol. The van der Waals surface area contributed by atoms with Crippen molar-refractivity contribution in [2.24, 2.45) is 0 Å². The van der Waals surface area contributed by atoms with Crippen LogP contribution in [0.25, 0.3) is 0 Å². The molecule has 2 nitrogen and oxygen atoms in total. The van der Waals surface area contributed by atoms with Gasteiger partial charge in [-0.25, -0.2) is 0 Å². The van der Waals surface area contributed by atoms with Crippen LogP contribution in [0.15, 0.2) is 28.7 Å². The lowest BCUT2D eigenvalue weighted by atomic mass is 9.98. The van der Waals surface area contributed by atoms with E-state index in [1.54, 1.807) is 0 Å². The normalized spacial score (nSPS) is 16.7. The van der Waals surface area contributed by atoms with Gasteiger partial charge in [-0.05, 0) is 18.1 Å². The van der Waals surface area contributed by atoms with E-state index in [-0.39, 0.29) is 24.8 Å². The van der Waals surface area contributed by atoms with Crippen LogP contribution in [-0.2, 0) is 0 Å². The monoisotopic (exact) mass is 396 g/mol. The summed E-state index contributed by atoms with van der Waals surface area (Å²) in [4.78, 5) is 2.65. The minimum Gasteiger partial charge on any atom is -0.314 e. The van der Waals surface area contributed by atoms with E-state index in [0.717, 1.165) is 26.2 Å². The Morgan fingerprint density at radius 1 is 1.14 bits per heavy atom. The minimum absolute atomic E-state index is 0. The summed E-state index contributed by atoms with van der Waals surface area (Å²) in [6.45, 7) is 6.85. The summed E-state index contributed by atoms with van der Waals surface area (Å²) in [6.07, 6.45) is 5.24. The summed E-state index contributed by atoms with van der Waals surface area (Å²) in [5, 5.41) is 3.45. The number of nitrogens with zero attached hydrogens (tertiary/aromatic N) is 1. The topological polar surface area (TPSA) is 15.3 Å². The predicted octanol–water partition coefficient (Wildman–Crippen LogP) is 4.82. The zero-order valence-corrected chi connectivity index (χ0v) is 15.9. The average molecular weight is 398 g/mol. The summed E-state index contributed by atoms with van der Waals surface area (Å²) in [6, 6.07) is 9.29. The largest absolute Gasteiger partial charge is 0.314 e. The van der Waals surface area contributed by atoms with Gasteiger partial charge in [-0.15, -0.1) is 24.8 Å². The smallest absolute Gasteiger partial charge is 0.0360 e. The van der Waals surface area contributed by atoms with Crippen molar-refractivity contribution in [2.75, 3.05) is 26.2 Å². The Kier molecular flexibility index (Phi) is 11.8. The second kappa shape index (κ2) is 11.7. The molecule has 1 N–H and O–H groups in total. The van der Waals surface area contributed by atoms with Gasteiger partial charge < -0.3 is 5.32 Å². The first kappa shape index (κ1) is 21.2. The van der Waals surface area contributed by atoms with Gasteiger partial charge in [0.2, 0.25) is 0 Å². The first-order chi connectivity index (χ1) is 9.33. The Bertz CT molecular complexity index is 384. The molecule has 21 heavy (non-hydrogen) atoms. The van der Waals surface area contributed by atoms with Crippen LogP contribution in [0.2, 0.25) is 0 Å². The van der Waals surface area contributed by atoms with Gasteiger partial charge in [0.15, 0.2) is 0 Å². The molecule has 0 aliphatic carbocycles. The zero-order valence-electron chi connectivity index (χ0n) is 12.7. The highest BCUT2D eigenvalue weighted by Crippen LogP contribution is 2.32. The Morgan fingerprint density at radius 3 is 2.43 bits per heavy atom. The molecule has 0 spiro atoms. The Labute approximate surface area is 150 Å². The fourth-order valence-corrected chi connectivity index (χ4v) is 3.41. The molecular formula is C16H27BrCl2N2. The number of unbranched alkanes of at least 4 members (excludes halogenated alkanes) is 2. The van der Waals surface area contributed by atoms with Crippen LogP contribution >= 0.6 is 40.7 Å². The maximum atomic E-state index is 3.73. The number of halogens is 3. The molecule has 1 fully saturated rings. The molecule has 1 heterocycles. The lowest BCUT2D eigenvalue weighted by Gasteiger charge is -2.35. The first-order valence-electron chi connectivity index (χ1n) is 7.52. The van der Waals surface area contributed by atoms with Gasteiger partial charge >= 0.3 is 0 Å². The molecule has 1 aliphatic heterocycles. The van der Waals surface area contributed by atoms with Crippen LogP contribution in [0.1, 0.15) is 44.2 Å². The van der Waals surface area contributed by atoms with Crippen molar-refractivity contribution in [3.8, 4) is 0 Å². The molecule has 0 unspecified atom stereocenters. The van der Waals surface area contributed by atoms with Crippen LogP contribution < -0.4 is 5.32 Å². The first-order valence-corrected chi connectivity index (χ1v) is 8.31. The van der Waals surface area contributed by atoms with E-state index in [2.05, 4.69) is 57.3 Å². The van der Waals surface area contributed by atoms with E-state index >= 15 is 0 Å². The molecule has 1 aromatic rings. The number of rotatable bonds is 6. The van der Waals surface area contributed by atoms with Crippen LogP contribution in [0.4, 0.5) is 0 Å². The summed E-state index contributed by atoms with van der Waals surface area (Å²) >= 11 is 3.73. The van der Waals surface area contributed by atoms with Crippen molar-refractivity contribution in [3.05, 3.63) is 34.3 Å². The fourth-order valence-electron chi connectivity index (χ4n) is 2.86. The Hall–Kier alpha value is 0.200. The molecule has 0 saturated carbocycles. The van der Waals surface area contributed by atoms with E-state index < -0.39 is 0 Å². The molecule has 1 atom stereocenters. The van der Waals surface area contributed by atoms with Crippen molar-refractivity contribution >= 4 is 40.7 Å². The molecule has 2 rings (SSSR count). The lowest BCUT2D eigenvalue weighted by molar-refractivity contribution is 0.162. The second-order valence-electron chi connectivity index (χ2n) is 5.32. The van der Waals surface area contributed by atoms with Gasteiger partial charge in [0.25, 0.3) is 0 Å². The molecule has 0 bridgehead atoms. The number of hydrogen-bond acceptors (Lipinski definition) is 2.